The minimum Gasteiger partial charge on any atom is -0.466 e. The van der Waals surface area contributed by atoms with Gasteiger partial charge in [0.2, 0.25) is 0 Å². The van der Waals surface area contributed by atoms with Crippen molar-refractivity contribution in [2.75, 3.05) is 32.8 Å². The number of aliphatic hydroxyl groups is 1. The summed E-state index contributed by atoms with van der Waals surface area (Å²) in [6.45, 7) is 8.95. The number of ether oxygens (including phenoxy) is 1. The zero-order chi connectivity index (χ0) is 24.2. The smallest absolute Gasteiger partial charge is 0.305 e. The Morgan fingerprint density at radius 2 is 1.00 bits per heavy atom. The van der Waals surface area contributed by atoms with Crippen molar-refractivity contribution in [2.24, 2.45) is 0 Å². The predicted molar refractivity (Wildman–Crippen MR) is 143 cm³/mol. The average molecular weight is 470 g/mol. The molecule has 0 aromatic carbocycles. The predicted octanol–water partition coefficient (Wildman–Crippen LogP) is 8.06. The summed E-state index contributed by atoms with van der Waals surface area (Å²) in [5.41, 5.74) is 0. The van der Waals surface area contributed by atoms with Crippen LogP contribution in [0.5, 0.6) is 0 Å². The van der Waals surface area contributed by atoms with E-state index in [-0.39, 0.29) is 5.97 Å². The first-order valence-corrected chi connectivity index (χ1v) is 14.7. The van der Waals surface area contributed by atoms with Crippen molar-refractivity contribution in [3.05, 3.63) is 0 Å². The maximum absolute atomic E-state index is 11.9. The summed E-state index contributed by atoms with van der Waals surface area (Å²) in [5.74, 6) is -0.00465. The highest BCUT2D eigenvalue weighted by atomic mass is 16.5. The van der Waals surface area contributed by atoms with Gasteiger partial charge in [-0.3, -0.25) is 4.79 Å². The van der Waals surface area contributed by atoms with Gasteiger partial charge in [0.05, 0.1) is 6.61 Å². The van der Waals surface area contributed by atoms with E-state index in [4.69, 9.17) is 9.84 Å². The van der Waals surface area contributed by atoms with Gasteiger partial charge in [-0.25, -0.2) is 0 Å². The molecule has 0 aliphatic heterocycles. The zero-order valence-corrected chi connectivity index (χ0v) is 22.6. The molecule has 198 valence electrons. The molecule has 4 nitrogen and oxygen atoms in total. The van der Waals surface area contributed by atoms with Gasteiger partial charge in [-0.1, -0.05) is 104 Å². The second-order valence-electron chi connectivity index (χ2n) is 9.90. The maximum atomic E-state index is 11.9. The first kappa shape index (κ1) is 32.4. The number of carbonyl (C=O) groups excluding carboxylic acids is 1. The van der Waals surface area contributed by atoms with E-state index in [2.05, 4.69) is 18.7 Å². The molecule has 0 aliphatic carbocycles. The molecule has 0 saturated carbocycles. The Labute approximate surface area is 207 Å². The first-order chi connectivity index (χ1) is 16.2. The second-order valence-corrected chi connectivity index (χ2v) is 9.90. The van der Waals surface area contributed by atoms with Gasteiger partial charge in [0.1, 0.15) is 0 Å². The van der Waals surface area contributed by atoms with Gasteiger partial charge in [0.25, 0.3) is 0 Å². The molecular formula is C29H59NO3. The molecule has 0 rings (SSSR count). The Morgan fingerprint density at radius 3 is 1.52 bits per heavy atom. The molecule has 4 heteroatoms. The highest BCUT2D eigenvalue weighted by molar-refractivity contribution is 5.69. The average Bonchev–Trinajstić information content (AvgIpc) is 2.82. The van der Waals surface area contributed by atoms with E-state index < -0.39 is 0 Å². The molecule has 0 bridgehead atoms. The van der Waals surface area contributed by atoms with Crippen molar-refractivity contribution in [3.8, 4) is 0 Å². The molecule has 0 spiro atoms. The Morgan fingerprint density at radius 1 is 0.576 bits per heavy atom. The summed E-state index contributed by atoms with van der Waals surface area (Å²) >= 11 is 0. The van der Waals surface area contributed by atoms with Gasteiger partial charge < -0.3 is 14.7 Å². The SMILES string of the molecule is CCCCCCCCCOC(=O)CCCCCCCN(CCCCO)CCCCCCCC. The molecule has 0 fully saturated rings. The third-order valence-corrected chi connectivity index (χ3v) is 6.58. The van der Waals surface area contributed by atoms with Crippen LogP contribution in [-0.2, 0) is 9.53 Å². The normalized spacial score (nSPS) is 11.4. The van der Waals surface area contributed by atoms with E-state index in [1.165, 1.54) is 109 Å². The van der Waals surface area contributed by atoms with E-state index >= 15 is 0 Å². The fourth-order valence-corrected chi connectivity index (χ4v) is 4.35. The minimum atomic E-state index is -0.00465. The van der Waals surface area contributed by atoms with E-state index in [9.17, 15) is 4.79 Å². The minimum absolute atomic E-state index is 0.00465. The fourth-order valence-electron chi connectivity index (χ4n) is 4.35. The van der Waals surface area contributed by atoms with Crippen molar-refractivity contribution in [1.29, 1.82) is 0 Å². The molecule has 0 atom stereocenters. The summed E-state index contributed by atoms with van der Waals surface area (Å²) in [4.78, 5) is 14.5. The highest BCUT2D eigenvalue weighted by Gasteiger charge is 2.06. The molecule has 33 heavy (non-hydrogen) atoms. The molecule has 0 saturated heterocycles. The number of rotatable bonds is 27. The second kappa shape index (κ2) is 27.6. The van der Waals surface area contributed by atoms with E-state index in [1.807, 2.05) is 0 Å². The Kier molecular flexibility index (Phi) is 27.1. The lowest BCUT2D eigenvalue weighted by atomic mass is 10.1. The van der Waals surface area contributed by atoms with Crippen LogP contribution in [0.3, 0.4) is 0 Å². The van der Waals surface area contributed by atoms with Crippen LogP contribution in [0.4, 0.5) is 0 Å². The summed E-state index contributed by atoms with van der Waals surface area (Å²) in [6.07, 6.45) is 25.3. The van der Waals surface area contributed by atoms with Crippen molar-refractivity contribution in [1.82, 2.24) is 4.90 Å². The number of hydrogen-bond donors (Lipinski definition) is 1. The topological polar surface area (TPSA) is 49.8 Å². The zero-order valence-electron chi connectivity index (χ0n) is 22.6. The number of aliphatic hydroxyl groups excluding tert-OH is 1. The van der Waals surface area contributed by atoms with E-state index in [0.717, 1.165) is 38.6 Å². The van der Waals surface area contributed by atoms with Gasteiger partial charge in [0.15, 0.2) is 0 Å². The molecule has 1 N–H and O–H groups in total. The lowest BCUT2D eigenvalue weighted by Crippen LogP contribution is -2.27. The molecule has 0 aliphatic rings. The fraction of sp³-hybridized carbons (Fsp3) is 0.966. The molecule has 0 unspecified atom stereocenters. The van der Waals surface area contributed by atoms with Crippen LogP contribution in [0.15, 0.2) is 0 Å². The Hall–Kier alpha value is -0.610. The Balaban J connectivity index is 3.61. The largest absolute Gasteiger partial charge is 0.466 e. The van der Waals surface area contributed by atoms with Gasteiger partial charge in [-0.2, -0.15) is 0 Å². The van der Waals surface area contributed by atoms with Crippen LogP contribution in [0, 0.1) is 0 Å². The number of esters is 1. The van der Waals surface area contributed by atoms with Crippen LogP contribution in [0.25, 0.3) is 0 Å². The number of nitrogens with zero attached hydrogens (tertiary/aromatic N) is 1. The van der Waals surface area contributed by atoms with Crippen molar-refractivity contribution >= 4 is 5.97 Å². The van der Waals surface area contributed by atoms with Crippen molar-refractivity contribution in [2.45, 2.75) is 149 Å². The summed E-state index contributed by atoms with van der Waals surface area (Å²) < 4.78 is 5.38. The number of unbranched alkanes of at least 4 members (excludes halogenated alkanes) is 16. The first-order valence-electron chi connectivity index (χ1n) is 14.7. The maximum Gasteiger partial charge on any atom is 0.305 e. The summed E-state index contributed by atoms with van der Waals surface area (Å²) in [5, 5.41) is 9.07. The van der Waals surface area contributed by atoms with Crippen molar-refractivity contribution in [3.63, 3.8) is 0 Å². The third-order valence-electron chi connectivity index (χ3n) is 6.58. The standard InChI is InChI=1S/C29H59NO3/c1-3-5-7-9-11-16-22-28-33-29(32)23-17-13-12-15-19-25-30(26-20-21-27-31)24-18-14-10-8-6-4-2/h31H,3-28H2,1-2H3. The van der Waals surface area contributed by atoms with Crippen LogP contribution in [-0.4, -0.2) is 48.8 Å². The third kappa shape index (κ3) is 25.8. The van der Waals surface area contributed by atoms with Gasteiger partial charge >= 0.3 is 5.97 Å². The lowest BCUT2D eigenvalue weighted by Gasteiger charge is -2.22. The molecule has 0 amide bonds. The van der Waals surface area contributed by atoms with Crippen LogP contribution in [0.1, 0.15) is 149 Å². The summed E-state index contributed by atoms with van der Waals surface area (Å²) in [6, 6.07) is 0. The van der Waals surface area contributed by atoms with Crippen molar-refractivity contribution < 1.29 is 14.6 Å². The highest BCUT2D eigenvalue weighted by Crippen LogP contribution is 2.11. The van der Waals surface area contributed by atoms with Crippen LogP contribution in [0.2, 0.25) is 0 Å². The summed E-state index contributed by atoms with van der Waals surface area (Å²) in [7, 11) is 0. The molecular weight excluding hydrogens is 410 g/mol. The molecule has 0 radical (unpaired) electrons. The van der Waals surface area contributed by atoms with Crippen LogP contribution < -0.4 is 0 Å². The molecule has 0 aromatic rings. The number of hydrogen-bond acceptors (Lipinski definition) is 4. The van der Waals surface area contributed by atoms with Gasteiger partial charge in [0, 0.05) is 13.0 Å². The van der Waals surface area contributed by atoms with Gasteiger partial charge in [-0.05, 0) is 58.2 Å². The monoisotopic (exact) mass is 469 g/mol. The molecule has 0 heterocycles. The Bertz CT molecular complexity index is 389. The lowest BCUT2D eigenvalue weighted by molar-refractivity contribution is -0.143. The van der Waals surface area contributed by atoms with Crippen LogP contribution >= 0.6 is 0 Å². The van der Waals surface area contributed by atoms with E-state index in [0.29, 0.717) is 19.6 Å². The van der Waals surface area contributed by atoms with E-state index in [1.54, 1.807) is 0 Å². The quantitative estimate of drug-likeness (QED) is 0.0976. The van der Waals surface area contributed by atoms with Gasteiger partial charge in [-0.15, -0.1) is 0 Å². The number of carbonyl (C=O) groups is 1. The molecule has 0 aromatic heterocycles.